The number of nitrogens with zero attached hydrogens (tertiary/aromatic N) is 2. The van der Waals surface area contributed by atoms with E-state index in [2.05, 4.69) is 10.3 Å². The van der Waals surface area contributed by atoms with Crippen molar-refractivity contribution in [2.75, 3.05) is 26.0 Å². The van der Waals surface area contributed by atoms with Gasteiger partial charge < -0.3 is 10.1 Å². The molecule has 1 heterocycles. The third kappa shape index (κ3) is 4.09. The summed E-state index contributed by atoms with van der Waals surface area (Å²) in [5, 5.41) is 2.56. The number of hydrogen-bond donors (Lipinski definition) is 1. The monoisotopic (exact) mass is 349 g/mol. The Hall–Kier alpha value is -2.45. The van der Waals surface area contributed by atoms with Crippen LogP contribution in [0.2, 0.25) is 0 Å². The van der Waals surface area contributed by atoms with Gasteiger partial charge in [-0.25, -0.2) is 13.4 Å². The summed E-state index contributed by atoms with van der Waals surface area (Å²) in [6.45, 7) is 1.54. The topological polar surface area (TPSA) is 88.6 Å². The number of amides is 1. The van der Waals surface area contributed by atoms with Gasteiger partial charge in [0.05, 0.1) is 13.7 Å². The first kappa shape index (κ1) is 17.9. The van der Waals surface area contributed by atoms with Crippen molar-refractivity contribution in [3.05, 3.63) is 48.2 Å². The summed E-state index contributed by atoms with van der Waals surface area (Å²) in [6.07, 6.45) is 1.62. The van der Waals surface area contributed by atoms with Crippen molar-refractivity contribution in [2.45, 2.75) is 11.8 Å². The molecule has 1 N–H and O–H groups in total. The summed E-state index contributed by atoms with van der Waals surface area (Å²) in [7, 11) is -1.12. The third-order valence-electron chi connectivity index (χ3n) is 3.30. The summed E-state index contributed by atoms with van der Waals surface area (Å²) >= 11 is 0. The van der Waals surface area contributed by atoms with Crippen LogP contribution in [0.15, 0.2) is 47.5 Å². The van der Waals surface area contributed by atoms with Crippen molar-refractivity contribution in [2.24, 2.45) is 0 Å². The van der Waals surface area contributed by atoms with Crippen LogP contribution >= 0.6 is 0 Å². The number of rotatable bonds is 6. The average molecular weight is 349 g/mol. The smallest absolute Gasteiger partial charge is 0.246 e. The molecule has 8 heteroatoms. The molecule has 0 fully saturated rings. The molecule has 0 aliphatic carbocycles. The number of aryl methyl sites for hydroxylation is 1. The predicted octanol–water partition coefficient (Wildman–Crippen LogP) is 1.66. The second-order valence-electron chi connectivity index (χ2n) is 5.18. The highest BCUT2D eigenvalue weighted by molar-refractivity contribution is 7.89. The Morgan fingerprint density at radius 3 is 2.58 bits per heavy atom. The van der Waals surface area contributed by atoms with Crippen molar-refractivity contribution in [3.8, 4) is 5.75 Å². The minimum absolute atomic E-state index is 0.0104. The van der Waals surface area contributed by atoms with E-state index < -0.39 is 15.9 Å². The summed E-state index contributed by atoms with van der Waals surface area (Å²) in [5.74, 6) is 0.117. The lowest BCUT2D eigenvalue weighted by Crippen LogP contribution is -2.35. The molecule has 0 saturated carbocycles. The molecule has 0 bridgehead atoms. The second-order valence-corrected chi connectivity index (χ2v) is 7.19. The number of sulfonamides is 1. The minimum atomic E-state index is -3.85. The molecule has 0 aliphatic heterocycles. The number of pyridine rings is 1. The molecule has 128 valence electrons. The van der Waals surface area contributed by atoms with E-state index in [9.17, 15) is 13.2 Å². The number of carbonyl (C=O) groups is 1. The molecular formula is C16H19N3O4S. The Balaban J connectivity index is 2.11. The number of aromatic nitrogens is 1. The molecule has 0 aliphatic rings. The van der Waals surface area contributed by atoms with Crippen LogP contribution in [0.5, 0.6) is 5.75 Å². The quantitative estimate of drug-likeness (QED) is 0.857. The molecule has 2 aromatic rings. The van der Waals surface area contributed by atoms with E-state index in [1.54, 1.807) is 36.5 Å². The number of anilines is 1. The van der Waals surface area contributed by atoms with E-state index in [4.69, 9.17) is 4.74 Å². The van der Waals surface area contributed by atoms with Gasteiger partial charge in [0.15, 0.2) is 0 Å². The Morgan fingerprint density at radius 2 is 1.96 bits per heavy atom. The lowest BCUT2D eigenvalue weighted by molar-refractivity contribution is -0.116. The predicted molar refractivity (Wildman–Crippen MR) is 90.4 cm³/mol. The van der Waals surface area contributed by atoms with Crippen LogP contribution in [0.3, 0.4) is 0 Å². The maximum absolute atomic E-state index is 12.6. The van der Waals surface area contributed by atoms with Gasteiger partial charge in [0.1, 0.15) is 16.5 Å². The number of benzene rings is 1. The normalized spacial score (nSPS) is 11.3. The number of methoxy groups -OCH3 is 1. The molecule has 0 spiro atoms. The molecule has 7 nitrogen and oxygen atoms in total. The van der Waals surface area contributed by atoms with Gasteiger partial charge in [-0.15, -0.1) is 0 Å². The maximum atomic E-state index is 12.6. The summed E-state index contributed by atoms with van der Waals surface area (Å²) in [4.78, 5) is 16.1. The highest BCUT2D eigenvalue weighted by Gasteiger charge is 2.26. The maximum Gasteiger partial charge on any atom is 0.246 e. The van der Waals surface area contributed by atoms with Crippen LogP contribution < -0.4 is 10.1 Å². The van der Waals surface area contributed by atoms with Gasteiger partial charge in [-0.3, -0.25) is 4.79 Å². The number of hydrogen-bond acceptors (Lipinski definition) is 5. The van der Waals surface area contributed by atoms with Crippen molar-refractivity contribution < 1.29 is 17.9 Å². The van der Waals surface area contributed by atoms with Crippen LogP contribution in [0.1, 0.15) is 5.56 Å². The third-order valence-corrected chi connectivity index (χ3v) is 5.15. The van der Waals surface area contributed by atoms with Crippen molar-refractivity contribution in [1.29, 1.82) is 0 Å². The number of nitrogens with one attached hydrogen (secondary N) is 1. The van der Waals surface area contributed by atoms with E-state index in [1.807, 2.05) is 6.92 Å². The average Bonchev–Trinajstić information content (AvgIpc) is 2.56. The Morgan fingerprint density at radius 1 is 1.25 bits per heavy atom. The fourth-order valence-corrected chi connectivity index (χ4v) is 3.29. The van der Waals surface area contributed by atoms with E-state index in [0.717, 1.165) is 9.87 Å². The Kier molecular flexibility index (Phi) is 5.53. The van der Waals surface area contributed by atoms with Gasteiger partial charge in [0, 0.05) is 13.2 Å². The molecule has 1 amide bonds. The SMILES string of the molecule is COc1ccccc1S(=O)(=O)N(C)CC(=O)Nc1ccc(C)cn1. The fraction of sp³-hybridized carbons (Fsp3) is 0.250. The Labute approximate surface area is 141 Å². The first-order valence-electron chi connectivity index (χ1n) is 7.16. The standard InChI is InChI=1S/C16H19N3O4S/c1-12-8-9-15(17-10-12)18-16(20)11-19(2)24(21,22)14-7-5-4-6-13(14)23-3/h4-10H,11H2,1-3H3,(H,17,18,20). The number of likely N-dealkylation sites (N-methyl/N-ethyl adjacent to an activating group) is 1. The molecule has 0 atom stereocenters. The zero-order valence-corrected chi connectivity index (χ0v) is 14.5. The van der Waals surface area contributed by atoms with Crippen molar-refractivity contribution in [3.63, 3.8) is 0 Å². The van der Waals surface area contributed by atoms with Gasteiger partial charge in [0.2, 0.25) is 15.9 Å². The van der Waals surface area contributed by atoms with Crippen LogP contribution in [0, 0.1) is 6.92 Å². The molecule has 24 heavy (non-hydrogen) atoms. The van der Waals surface area contributed by atoms with Gasteiger partial charge in [-0.1, -0.05) is 18.2 Å². The van der Waals surface area contributed by atoms with Gasteiger partial charge >= 0.3 is 0 Å². The lowest BCUT2D eigenvalue weighted by Gasteiger charge is -2.18. The minimum Gasteiger partial charge on any atom is -0.495 e. The molecular weight excluding hydrogens is 330 g/mol. The molecule has 0 unspecified atom stereocenters. The van der Waals surface area contributed by atoms with Crippen molar-refractivity contribution >= 4 is 21.7 Å². The highest BCUT2D eigenvalue weighted by atomic mass is 32.2. The highest BCUT2D eigenvalue weighted by Crippen LogP contribution is 2.25. The summed E-state index contributed by atoms with van der Waals surface area (Å²) in [5.41, 5.74) is 0.962. The van der Waals surface area contributed by atoms with E-state index in [1.165, 1.54) is 20.2 Å². The van der Waals surface area contributed by atoms with Crippen LogP contribution in [0.4, 0.5) is 5.82 Å². The lowest BCUT2D eigenvalue weighted by atomic mass is 10.3. The molecule has 0 saturated heterocycles. The first-order valence-corrected chi connectivity index (χ1v) is 8.60. The van der Waals surface area contributed by atoms with Crippen LogP contribution in [-0.4, -0.2) is 44.3 Å². The largest absolute Gasteiger partial charge is 0.495 e. The molecule has 1 aromatic heterocycles. The van der Waals surface area contributed by atoms with E-state index >= 15 is 0 Å². The first-order chi connectivity index (χ1) is 11.3. The summed E-state index contributed by atoms with van der Waals surface area (Å²) in [6, 6.07) is 9.72. The second kappa shape index (κ2) is 7.41. The molecule has 0 radical (unpaired) electrons. The van der Waals surface area contributed by atoms with Crippen molar-refractivity contribution in [1.82, 2.24) is 9.29 Å². The van der Waals surface area contributed by atoms with Crippen LogP contribution in [0.25, 0.3) is 0 Å². The summed E-state index contributed by atoms with van der Waals surface area (Å²) < 4.78 is 31.2. The van der Waals surface area contributed by atoms with Gasteiger partial charge in [0.25, 0.3) is 0 Å². The Bertz CT molecular complexity index is 819. The number of para-hydroxylation sites is 1. The zero-order valence-electron chi connectivity index (χ0n) is 13.7. The number of carbonyl (C=O) groups excluding carboxylic acids is 1. The van der Waals surface area contributed by atoms with E-state index in [-0.39, 0.29) is 17.2 Å². The van der Waals surface area contributed by atoms with E-state index in [0.29, 0.717) is 5.82 Å². The van der Waals surface area contributed by atoms with Crippen LogP contribution in [-0.2, 0) is 14.8 Å². The zero-order chi connectivity index (χ0) is 17.7. The number of ether oxygens (including phenoxy) is 1. The molecule has 1 aromatic carbocycles. The van der Waals surface area contributed by atoms with Gasteiger partial charge in [-0.05, 0) is 30.7 Å². The van der Waals surface area contributed by atoms with Gasteiger partial charge in [-0.2, -0.15) is 4.31 Å². The molecule has 2 rings (SSSR count). The fourth-order valence-electron chi connectivity index (χ4n) is 2.01.